The molecule has 0 aromatic heterocycles. The first-order valence-corrected chi connectivity index (χ1v) is 13.5. The lowest BCUT2D eigenvalue weighted by atomic mass is 9.96. The van der Waals surface area contributed by atoms with E-state index in [0.29, 0.717) is 25.1 Å². The summed E-state index contributed by atoms with van der Waals surface area (Å²) in [5.74, 6) is -0.965. The van der Waals surface area contributed by atoms with Crippen LogP contribution in [0.5, 0.6) is 0 Å². The van der Waals surface area contributed by atoms with Gasteiger partial charge in [0.1, 0.15) is 12.6 Å². The molecule has 2 amide bonds. The van der Waals surface area contributed by atoms with Crippen molar-refractivity contribution >= 4 is 29.7 Å². The largest absolute Gasteiger partial charge is 0.481 e. The Labute approximate surface area is 210 Å². The molecule has 2 aliphatic carbocycles. The fourth-order valence-electron chi connectivity index (χ4n) is 5.25. The molecule has 1 fully saturated rings. The molecule has 7 nitrogen and oxygen atoms in total. The number of rotatable bonds is 10. The van der Waals surface area contributed by atoms with Gasteiger partial charge in [0.2, 0.25) is 5.91 Å². The van der Waals surface area contributed by atoms with Crippen molar-refractivity contribution in [1.82, 2.24) is 10.6 Å². The molecule has 3 N–H and O–H groups in total. The summed E-state index contributed by atoms with van der Waals surface area (Å²) < 4.78 is 5.61. The lowest BCUT2D eigenvalue weighted by molar-refractivity contribution is -0.143. The van der Waals surface area contributed by atoms with E-state index in [0.717, 1.165) is 35.1 Å². The number of nitrogens with one attached hydrogen (secondary N) is 2. The average molecular weight is 497 g/mol. The van der Waals surface area contributed by atoms with Crippen LogP contribution in [0.15, 0.2) is 48.5 Å². The number of thioether (sulfide) groups is 1. The smallest absolute Gasteiger partial charge is 0.407 e. The molecule has 0 spiro atoms. The molecule has 2 unspecified atom stereocenters. The highest BCUT2D eigenvalue weighted by Crippen LogP contribution is 2.44. The Balaban J connectivity index is 1.35. The summed E-state index contributed by atoms with van der Waals surface area (Å²) in [6.45, 7) is 0.483. The van der Waals surface area contributed by atoms with Crippen LogP contribution in [-0.2, 0) is 14.3 Å². The number of carbonyl (C=O) groups excluding carboxylic acids is 2. The Morgan fingerprint density at radius 3 is 2.34 bits per heavy atom. The number of benzene rings is 2. The third-order valence-electron chi connectivity index (χ3n) is 7.08. The molecule has 2 aromatic rings. The van der Waals surface area contributed by atoms with Crippen LogP contribution in [0, 0.1) is 11.8 Å². The molecule has 2 aliphatic rings. The number of carbonyl (C=O) groups is 3. The van der Waals surface area contributed by atoms with Gasteiger partial charge >= 0.3 is 12.1 Å². The van der Waals surface area contributed by atoms with Crippen molar-refractivity contribution < 1.29 is 24.2 Å². The number of carboxylic acids is 1. The van der Waals surface area contributed by atoms with Gasteiger partial charge in [-0.2, -0.15) is 11.8 Å². The fourth-order valence-corrected chi connectivity index (χ4v) is 5.72. The Morgan fingerprint density at radius 1 is 1.06 bits per heavy atom. The maximum atomic E-state index is 12.9. The van der Waals surface area contributed by atoms with Crippen molar-refractivity contribution in [2.24, 2.45) is 11.8 Å². The van der Waals surface area contributed by atoms with Gasteiger partial charge in [-0.3, -0.25) is 9.59 Å². The molecule has 0 aliphatic heterocycles. The number of carboxylic acid groups (broad SMARTS) is 1. The summed E-state index contributed by atoms with van der Waals surface area (Å²) in [7, 11) is 0. The van der Waals surface area contributed by atoms with Gasteiger partial charge in [0.05, 0.1) is 5.92 Å². The monoisotopic (exact) mass is 496 g/mol. The van der Waals surface area contributed by atoms with Crippen molar-refractivity contribution in [2.45, 2.75) is 37.6 Å². The Morgan fingerprint density at radius 2 is 1.71 bits per heavy atom. The molecule has 0 bridgehead atoms. The van der Waals surface area contributed by atoms with Crippen LogP contribution in [0.2, 0.25) is 0 Å². The third kappa shape index (κ3) is 5.81. The molecule has 1 saturated carbocycles. The van der Waals surface area contributed by atoms with E-state index < -0.39 is 24.0 Å². The quantitative estimate of drug-likeness (QED) is 0.454. The highest BCUT2D eigenvalue weighted by Gasteiger charge is 2.34. The van der Waals surface area contributed by atoms with Crippen LogP contribution in [0.25, 0.3) is 11.1 Å². The molecule has 4 rings (SSSR count). The van der Waals surface area contributed by atoms with E-state index in [2.05, 4.69) is 34.9 Å². The van der Waals surface area contributed by atoms with Crippen molar-refractivity contribution in [3.63, 3.8) is 0 Å². The van der Waals surface area contributed by atoms with E-state index in [9.17, 15) is 19.5 Å². The van der Waals surface area contributed by atoms with E-state index >= 15 is 0 Å². The van der Waals surface area contributed by atoms with E-state index in [1.54, 1.807) is 11.8 Å². The summed E-state index contributed by atoms with van der Waals surface area (Å²) in [6, 6.07) is 15.5. The number of fused-ring (bicyclic) bond motifs is 3. The van der Waals surface area contributed by atoms with E-state index in [-0.39, 0.29) is 24.3 Å². The first-order valence-electron chi connectivity index (χ1n) is 12.1. The van der Waals surface area contributed by atoms with E-state index in [1.165, 1.54) is 0 Å². The SMILES string of the molecule is CSCC[C@@H](NC(=O)OCC1c2ccccc2-c2ccccc21)C(=O)NCC1CCCC1C(=O)O. The molecule has 3 atom stereocenters. The number of amides is 2. The summed E-state index contributed by atoms with van der Waals surface area (Å²) in [5.41, 5.74) is 4.56. The van der Waals surface area contributed by atoms with E-state index in [4.69, 9.17) is 4.74 Å². The van der Waals surface area contributed by atoms with Crippen LogP contribution in [0.3, 0.4) is 0 Å². The van der Waals surface area contributed by atoms with Crippen LogP contribution in [0.1, 0.15) is 42.7 Å². The summed E-state index contributed by atoms with van der Waals surface area (Å²) >= 11 is 1.59. The molecular formula is C27H32N2O5S. The van der Waals surface area contributed by atoms with Crippen molar-refractivity contribution in [2.75, 3.05) is 25.2 Å². The Kier molecular flexibility index (Phi) is 8.33. The Bertz CT molecular complexity index is 1030. The minimum atomic E-state index is -0.808. The molecule has 0 radical (unpaired) electrons. The van der Waals surface area contributed by atoms with Crippen LogP contribution >= 0.6 is 11.8 Å². The van der Waals surface area contributed by atoms with Gasteiger partial charge in [0.15, 0.2) is 0 Å². The van der Waals surface area contributed by atoms with Crippen molar-refractivity contribution in [3.05, 3.63) is 59.7 Å². The second kappa shape index (κ2) is 11.6. The third-order valence-corrected chi connectivity index (χ3v) is 7.72. The number of hydrogen-bond donors (Lipinski definition) is 3. The standard InChI is InChI=1S/C27H32N2O5S/c1-35-14-13-24(25(30)28-15-17-7-6-12-18(17)26(31)32)29-27(33)34-16-23-21-10-4-2-8-19(21)20-9-3-5-11-22(20)23/h2-5,8-11,17-18,23-24H,6-7,12-16H2,1H3,(H,28,30)(H,29,33)(H,31,32)/t17?,18?,24-/m1/s1. The number of hydrogen-bond acceptors (Lipinski definition) is 5. The van der Waals surface area contributed by atoms with Crippen molar-refractivity contribution in [3.8, 4) is 11.1 Å². The molecule has 0 heterocycles. The van der Waals surface area contributed by atoms with Gasteiger partial charge in [-0.25, -0.2) is 4.79 Å². The van der Waals surface area contributed by atoms with Crippen molar-refractivity contribution in [1.29, 1.82) is 0 Å². The second-order valence-electron chi connectivity index (χ2n) is 9.18. The van der Waals surface area contributed by atoms with E-state index in [1.807, 2.05) is 30.5 Å². The van der Waals surface area contributed by atoms with Gasteiger partial charge in [-0.1, -0.05) is 55.0 Å². The first kappa shape index (κ1) is 25.1. The maximum absolute atomic E-state index is 12.9. The highest BCUT2D eigenvalue weighted by atomic mass is 32.2. The number of ether oxygens (including phenoxy) is 1. The molecular weight excluding hydrogens is 464 g/mol. The molecule has 186 valence electrons. The zero-order valence-corrected chi connectivity index (χ0v) is 20.7. The second-order valence-corrected chi connectivity index (χ2v) is 10.2. The summed E-state index contributed by atoms with van der Waals surface area (Å²) in [4.78, 5) is 37.0. The molecule has 35 heavy (non-hydrogen) atoms. The topological polar surface area (TPSA) is 105 Å². The predicted molar refractivity (Wildman–Crippen MR) is 136 cm³/mol. The lowest BCUT2D eigenvalue weighted by Crippen LogP contribution is -2.48. The Hall–Kier alpha value is -3.00. The highest BCUT2D eigenvalue weighted by molar-refractivity contribution is 7.98. The number of aliphatic carboxylic acids is 1. The normalized spacial score (nSPS) is 19.5. The summed E-state index contributed by atoms with van der Waals surface area (Å²) in [5, 5.41) is 15.0. The maximum Gasteiger partial charge on any atom is 0.407 e. The lowest BCUT2D eigenvalue weighted by Gasteiger charge is -2.21. The first-order chi connectivity index (χ1) is 17.0. The fraction of sp³-hybridized carbons (Fsp3) is 0.444. The van der Waals surface area contributed by atoms with Gasteiger partial charge < -0.3 is 20.5 Å². The van der Waals surface area contributed by atoms with Gasteiger partial charge in [-0.15, -0.1) is 0 Å². The zero-order chi connectivity index (χ0) is 24.8. The minimum absolute atomic E-state index is 0.0538. The molecule has 8 heteroatoms. The van der Waals surface area contributed by atoms with Gasteiger partial charge in [-0.05, 0) is 59.4 Å². The minimum Gasteiger partial charge on any atom is -0.481 e. The van der Waals surface area contributed by atoms with Crippen LogP contribution in [-0.4, -0.2) is 54.3 Å². The van der Waals surface area contributed by atoms with Crippen LogP contribution < -0.4 is 10.6 Å². The molecule has 2 aromatic carbocycles. The summed E-state index contributed by atoms with van der Waals surface area (Å²) in [6.07, 6.45) is 4.06. The zero-order valence-electron chi connectivity index (χ0n) is 19.9. The number of alkyl carbamates (subject to hydrolysis) is 1. The van der Waals surface area contributed by atoms with Gasteiger partial charge in [0.25, 0.3) is 0 Å². The van der Waals surface area contributed by atoms with Crippen LogP contribution in [0.4, 0.5) is 4.79 Å². The average Bonchev–Trinajstić information content (AvgIpc) is 3.47. The predicted octanol–water partition coefficient (Wildman–Crippen LogP) is 4.26. The molecule has 0 saturated heterocycles. The van der Waals surface area contributed by atoms with Gasteiger partial charge in [0, 0.05) is 12.5 Å².